The quantitative estimate of drug-likeness (QED) is 0.136. The first-order valence-corrected chi connectivity index (χ1v) is 14.5. The molecule has 3 heterocycles. The minimum Gasteiger partial charge on any atom is -0.507 e. The Morgan fingerprint density at radius 1 is 0.739 bits per heavy atom. The first kappa shape index (κ1) is 28.0. The third kappa shape index (κ3) is 3.61. The van der Waals surface area contributed by atoms with E-state index in [1.165, 1.54) is 30.3 Å². The van der Waals surface area contributed by atoms with Gasteiger partial charge < -0.3 is 19.7 Å². The average molecular weight is 633 g/mol. The summed E-state index contributed by atoms with van der Waals surface area (Å²) in [7, 11) is 0. The van der Waals surface area contributed by atoms with Gasteiger partial charge in [-0.05, 0) is 53.9 Å². The van der Waals surface area contributed by atoms with Crippen LogP contribution in [0.2, 0.25) is 5.02 Å². The molecule has 0 unspecified atom stereocenters. The second-order valence-corrected chi connectivity index (χ2v) is 11.9. The molecule has 4 aromatic carbocycles. The fraction of sp³-hybridized carbons (Fsp3) is 0.0833. The summed E-state index contributed by atoms with van der Waals surface area (Å²) in [6.07, 6.45) is 0. The monoisotopic (exact) mass is 632 g/mol. The minimum absolute atomic E-state index is 0.0416. The van der Waals surface area contributed by atoms with Crippen LogP contribution in [0.4, 0.5) is 0 Å². The molecule has 9 rings (SSSR count). The number of fused-ring (bicyclic) bond motifs is 3. The predicted octanol–water partition coefficient (Wildman–Crippen LogP) is 7.15. The number of aromatic hydroxyl groups is 1. The Morgan fingerprint density at radius 2 is 1.39 bits per heavy atom. The van der Waals surface area contributed by atoms with E-state index in [9.17, 15) is 29.7 Å². The predicted molar refractivity (Wildman–Crippen MR) is 167 cm³/mol. The number of benzene rings is 5. The molecule has 0 saturated carbocycles. The van der Waals surface area contributed by atoms with E-state index in [4.69, 9.17) is 25.8 Å². The maximum absolute atomic E-state index is 12.6. The van der Waals surface area contributed by atoms with Gasteiger partial charge in [-0.15, -0.1) is 0 Å². The van der Waals surface area contributed by atoms with Crippen molar-refractivity contribution in [2.45, 2.75) is 18.1 Å². The highest BCUT2D eigenvalue weighted by atomic mass is 35.5. The third-order valence-corrected chi connectivity index (χ3v) is 9.31. The normalized spacial score (nSPS) is 19.6. The zero-order valence-corrected chi connectivity index (χ0v) is 24.6. The van der Waals surface area contributed by atoms with E-state index < -0.39 is 28.6 Å². The molecule has 10 heteroatoms. The van der Waals surface area contributed by atoms with Gasteiger partial charge in [-0.2, -0.15) is 0 Å². The van der Waals surface area contributed by atoms with Crippen LogP contribution in [-0.4, -0.2) is 27.3 Å². The highest BCUT2D eigenvalue weighted by Crippen LogP contribution is 2.60. The summed E-state index contributed by atoms with van der Waals surface area (Å²) in [5, 5.41) is 31.9. The largest absolute Gasteiger partial charge is 0.507 e. The van der Waals surface area contributed by atoms with Gasteiger partial charge in [0.05, 0.1) is 16.1 Å². The van der Waals surface area contributed by atoms with Gasteiger partial charge in [0.15, 0.2) is 11.2 Å². The van der Waals surface area contributed by atoms with Crippen LogP contribution in [0.5, 0.6) is 5.75 Å². The molecule has 0 fully saturated rings. The van der Waals surface area contributed by atoms with Gasteiger partial charge in [-0.1, -0.05) is 60.1 Å². The molecule has 3 N–H and O–H groups in total. The van der Waals surface area contributed by atoms with E-state index in [-0.39, 0.29) is 55.5 Å². The first-order chi connectivity index (χ1) is 22.0. The van der Waals surface area contributed by atoms with E-state index in [0.717, 1.165) is 28.3 Å². The summed E-state index contributed by atoms with van der Waals surface area (Å²) < 4.78 is 6.12. The Bertz CT molecular complexity index is 2310. The first-order valence-electron chi connectivity index (χ1n) is 14.2. The SMILES string of the molecule is CC12OOC(c3cc4c(-c5cc(C(=O)O)ccc5C(=O)O)c5cc(Cl)c(=O)cc-5oc4cc3O)(c3ccccc31)c1ccccc12. The Labute approximate surface area is 264 Å². The Hall–Kier alpha value is -5.48. The molecule has 0 atom stereocenters. The fourth-order valence-electron chi connectivity index (χ4n) is 6.93. The highest BCUT2D eigenvalue weighted by Gasteiger charge is 2.58. The van der Waals surface area contributed by atoms with Crippen LogP contribution in [0.25, 0.3) is 33.4 Å². The van der Waals surface area contributed by atoms with Crippen molar-refractivity contribution >= 4 is 34.5 Å². The summed E-state index contributed by atoms with van der Waals surface area (Å²) >= 11 is 6.29. The molecule has 226 valence electrons. The maximum Gasteiger partial charge on any atom is 0.336 e. The number of hydrogen-bond donors (Lipinski definition) is 3. The summed E-state index contributed by atoms with van der Waals surface area (Å²) in [5.74, 6) is -2.75. The third-order valence-electron chi connectivity index (χ3n) is 9.01. The van der Waals surface area contributed by atoms with Crippen LogP contribution >= 0.6 is 11.6 Å². The minimum atomic E-state index is -1.47. The molecule has 4 aromatic rings. The summed E-state index contributed by atoms with van der Waals surface area (Å²) in [4.78, 5) is 49.5. The van der Waals surface area contributed by atoms with Gasteiger partial charge in [-0.3, -0.25) is 4.79 Å². The highest BCUT2D eigenvalue weighted by molar-refractivity contribution is 6.31. The van der Waals surface area contributed by atoms with Crippen LogP contribution in [-0.2, 0) is 21.0 Å². The molecule has 46 heavy (non-hydrogen) atoms. The van der Waals surface area contributed by atoms with Crippen LogP contribution in [0.15, 0.2) is 100 Å². The van der Waals surface area contributed by atoms with Crippen molar-refractivity contribution in [3.63, 3.8) is 0 Å². The van der Waals surface area contributed by atoms with Crippen molar-refractivity contribution in [1.29, 1.82) is 0 Å². The lowest BCUT2D eigenvalue weighted by Crippen LogP contribution is -2.51. The summed E-state index contributed by atoms with van der Waals surface area (Å²) in [5.41, 5.74) is 0.719. The molecule has 2 aliphatic carbocycles. The lowest BCUT2D eigenvalue weighted by molar-refractivity contribution is -0.415. The smallest absolute Gasteiger partial charge is 0.336 e. The van der Waals surface area contributed by atoms with Gasteiger partial charge in [-0.25, -0.2) is 19.4 Å². The Balaban J connectivity index is 1.55. The van der Waals surface area contributed by atoms with E-state index in [1.54, 1.807) is 6.07 Å². The molecule has 9 nitrogen and oxygen atoms in total. The molecule has 0 radical (unpaired) electrons. The molecular weight excluding hydrogens is 612 g/mol. The van der Waals surface area contributed by atoms with Crippen LogP contribution in [0.1, 0.15) is 55.5 Å². The van der Waals surface area contributed by atoms with E-state index in [2.05, 4.69) is 0 Å². The van der Waals surface area contributed by atoms with Crippen molar-refractivity contribution in [1.82, 2.24) is 0 Å². The van der Waals surface area contributed by atoms with Gasteiger partial charge in [0.1, 0.15) is 17.1 Å². The number of carboxylic acid groups (broad SMARTS) is 2. The molecule has 0 saturated heterocycles. The van der Waals surface area contributed by atoms with Crippen molar-refractivity contribution < 1.29 is 39.1 Å². The number of carbonyl (C=O) groups is 2. The zero-order chi connectivity index (χ0) is 32.1. The number of phenols is 1. The molecule has 2 bridgehead atoms. The number of hydrogen-bond acceptors (Lipinski definition) is 7. The fourth-order valence-corrected chi connectivity index (χ4v) is 7.10. The van der Waals surface area contributed by atoms with Crippen molar-refractivity contribution in [2.24, 2.45) is 0 Å². The molecular formula is C36H21ClO9. The Morgan fingerprint density at radius 3 is 2.02 bits per heavy atom. The lowest BCUT2D eigenvalue weighted by Gasteiger charge is -2.52. The maximum atomic E-state index is 12.6. The molecule has 3 aliphatic heterocycles. The lowest BCUT2D eigenvalue weighted by atomic mass is 9.64. The average Bonchev–Trinajstić information content (AvgIpc) is 3.04. The second kappa shape index (κ2) is 9.51. The van der Waals surface area contributed by atoms with Crippen molar-refractivity contribution in [3.05, 3.63) is 145 Å². The Kier molecular flexibility index (Phi) is 5.79. The van der Waals surface area contributed by atoms with Crippen molar-refractivity contribution in [2.75, 3.05) is 0 Å². The number of phenolic OH excluding ortho intramolecular Hbond substituents is 1. The van der Waals surface area contributed by atoms with E-state index in [0.29, 0.717) is 5.39 Å². The zero-order valence-electron chi connectivity index (χ0n) is 23.8. The number of aromatic carboxylic acids is 2. The van der Waals surface area contributed by atoms with Crippen LogP contribution in [0, 0.1) is 0 Å². The van der Waals surface area contributed by atoms with Crippen LogP contribution < -0.4 is 5.43 Å². The molecule has 0 amide bonds. The second-order valence-electron chi connectivity index (χ2n) is 11.5. The van der Waals surface area contributed by atoms with Crippen molar-refractivity contribution in [3.8, 4) is 28.2 Å². The summed E-state index contributed by atoms with van der Waals surface area (Å²) in [6, 6.07) is 24.3. The molecule has 0 spiro atoms. The molecule has 0 aromatic heterocycles. The topological polar surface area (TPSA) is 144 Å². The van der Waals surface area contributed by atoms with Gasteiger partial charge in [0, 0.05) is 45.3 Å². The van der Waals surface area contributed by atoms with E-state index >= 15 is 0 Å². The summed E-state index contributed by atoms with van der Waals surface area (Å²) in [6.45, 7) is 1.91. The van der Waals surface area contributed by atoms with Gasteiger partial charge >= 0.3 is 11.9 Å². The number of carboxylic acids is 2. The molecule has 5 aliphatic rings. The van der Waals surface area contributed by atoms with E-state index in [1.807, 2.05) is 55.5 Å². The van der Waals surface area contributed by atoms with Gasteiger partial charge in [0.25, 0.3) is 0 Å². The number of halogens is 1. The number of rotatable bonds is 4. The standard InChI is InChI=1S/C36H21ClO9/c1-35-22-6-2-4-8-24(22)36(46-45-35,25-9-5-3-7-23(25)35)26-13-20-30(15-28(26)38)44-31-16-29(39)27(37)14-21(31)32(20)19-12-17(33(40)41)10-11-18(19)34(42)43/h2-16,38H,1H3,(H,40,41)(H,42,43). The van der Waals surface area contributed by atoms with Crippen LogP contribution in [0.3, 0.4) is 0 Å². The van der Waals surface area contributed by atoms with Gasteiger partial charge in [0.2, 0.25) is 5.43 Å².